The number of carbonyl (C=O) groups excluding carboxylic acids is 1. The molecule has 116 valence electrons. The van der Waals surface area contributed by atoms with Crippen LogP contribution in [0.25, 0.3) is 0 Å². The number of aromatic nitrogens is 1. The number of anilines is 1. The molecule has 1 aliphatic heterocycles. The summed E-state index contributed by atoms with van der Waals surface area (Å²) in [6, 6.07) is 1.95. The highest BCUT2D eigenvalue weighted by atomic mass is 35.5. The molecule has 21 heavy (non-hydrogen) atoms. The van der Waals surface area contributed by atoms with E-state index in [4.69, 9.17) is 16.3 Å². The Morgan fingerprint density at radius 3 is 2.90 bits per heavy atom. The summed E-state index contributed by atoms with van der Waals surface area (Å²) in [6.07, 6.45) is 3.63. The molecule has 2 heterocycles. The number of carbonyl (C=O) groups is 1. The molecule has 1 aromatic heterocycles. The molecule has 7 heteroatoms. The second kappa shape index (κ2) is 7.87. The number of hydrogen-bond donors (Lipinski definition) is 1. The highest BCUT2D eigenvalue weighted by Gasteiger charge is 2.20. The van der Waals surface area contributed by atoms with Crippen molar-refractivity contribution in [2.45, 2.75) is 13.0 Å². The Hall–Kier alpha value is -0.980. The fourth-order valence-corrected chi connectivity index (χ4v) is 2.94. The van der Waals surface area contributed by atoms with Gasteiger partial charge >= 0.3 is 0 Å². The third-order valence-electron chi connectivity index (χ3n) is 3.19. The average molecular weight is 330 g/mol. The van der Waals surface area contributed by atoms with Gasteiger partial charge in [-0.1, -0.05) is 11.6 Å². The van der Waals surface area contributed by atoms with E-state index in [0.29, 0.717) is 42.7 Å². The third-order valence-corrected chi connectivity index (χ3v) is 4.31. The van der Waals surface area contributed by atoms with Crippen LogP contribution < -0.4 is 5.32 Å². The van der Waals surface area contributed by atoms with E-state index in [2.05, 4.69) is 23.5 Å². The lowest BCUT2D eigenvalue weighted by Crippen LogP contribution is -2.40. The van der Waals surface area contributed by atoms with Crippen LogP contribution in [0.2, 0.25) is 5.02 Å². The average Bonchev–Trinajstić information content (AvgIpc) is 2.50. The van der Waals surface area contributed by atoms with Crippen molar-refractivity contribution >= 4 is 35.1 Å². The van der Waals surface area contributed by atoms with Gasteiger partial charge in [-0.05, 0) is 19.2 Å². The Bertz CT molecular complexity index is 495. The molecule has 0 aromatic carbocycles. The SMILES string of the molecule is CSCC(C)Nc1ncc(C(=O)N2CCOCC2)cc1Cl. The zero-order valence-electron chi connectivity index (χ0n) is 12.3. The number of rotatable bonds is 5. The number of ether oxygens (including phenoxy) is 1. The fraction of sp³-hybridized carbons (Fsp3) is 0.571. The number of nitrogens with one attached hydrogen (secondary N) is 1. The second-order valence-corrected chi connectivity index (χ2v) is 6.28. The van der Waals surface area contributed by atoms with Crippen molar-refractivity contribution in [2.24, 2.45) is 0 Å². The van der Waals surface area contributed by atoms with Gasteiger partial charge in [0.25, 0.3) is 5.91 Å². The van der Waals surface area contributed by atoms with Crippen LogP contribution in [0.4, 0.5) is 5.82 Å². The summed E-state index contributed by atoms with van der Waals surface area (Å²) in [7, 11) is 0. The molecule has 0 radical (unpaired) electrons. The molecule has 5 nitrogen and oxygen atoms in total. The number of amides is 1. The van der Waals surface area contributed by atoms with Crippen LogP contribution in [0.3, 0.4) is 0 Å². The minimum Gasteiger partial charge on any atom is -0.378 e. The molecule has 1 saturated heterocycles. The molecule has 1 unspecified atom stereocenters. The topological polar surface area (TPSA) is 54.5 Å². The summed E-state index contributed by atoms with van der Waals surface area (Å²) in [5.41, 5.74) is 0.518. The van der Waals surface area contributed by atoms with Gasteiger partial charge in [-0.2, -0.15) is 11.8 Å². The van der Waals surface area contributed by atoms with E-state index >= 15 is 0 Å². The van der Waals surface area contributed by atoms with Crippen molar-refractivity contribution in [3.05, 3.63) is 22.8 Å². The van der Waals surface area contributed by atoms with Crippen LogP contribution in [0, 0.1) is 0 Å². The Morgan fingerprint density at radius 2 is 2.29 bits per heavy atom. The van der Waals surface area contributed by atoms with Gasteiger partial charge in [-0.25, -0.2) is 4.98 Å². The zero-order valence-corrected chi connectivity index (χ0v) is 13.8. The molecule has 1 amide bonds. The summed E-state index contributed by atoms with van der Waals surface area (Å²) in [4.78, 5) is 18.4. The first-order valence-electron chi connectivity index (χ1n) is 6.90. The first kappa shape index (κ1) is 16.4. The van der Waals surface area contributed by atoms with Crippen LogP contribution in [0.5, 0.6) is 0 Å². The van der Waals surface area contributed by atoms with Gasteiger partial charge in [0.2, 0.25) is 0 Å². The summed E-state index contributed by atoms with van der Waals surface area (Å²) < 4.78 is 5.25. The van der Waals surface area contributed by atoms with Crippen LogP contribution >= 0.6 is 23.4 Å². The van der Waals surface area contributed by atoms with Gasteiger partial charge in [0.1, 0.15) is 5.82 Å². The van der Waals surface area contributed by atoms with E-state index in [1.165, 1.54) is 0 Å². The Morgan fingerprint density at radius 1 is 1.57 bits per heavy atom. The van der Waals surface area contributed by atoms with Gasteiger partial charge in [-0.3, -0.25) is 4.79 Å². The maximum Gasteiger partial charge on any atom is 0.255 e. The molecular weight excluding hydrogens is 310 g/mol. The summed E-state index contributed by atoms with van der Waals surface area (Å²) >= 11 is 7.99. The van der Waals surface area contributed by atoms with Crippen LogP contribution in [-0.4, -0.2) is 60.1 Å². The summed E-state index contributed by atoms with van der Waals surface area (Å²) in [5.74, 6) is 1.54. The Balaban J connectivity index is 2.05. The maximum absolute atomic E-state index is 12.3. The number of nitrogens with zero attached hydrogens (tertiary/aromatic N) is 2. The number of thioether (sulfide) groups is 1. The molecule has 1 aromatic rings. The van der Waals surface area contributed by atoms with Crippen molar-refractivity contribution < 1.29 is 9.53 Å². The predicted octanol–water partition coefficient (Wildman–Crippen LogP) is 2.37. The molecule has 0 aliphatic carbocycles. The fourth-order valence-electron chi connectivity index (χ4n) is 2.14. The summed E-state index contributed by atoms with van der Waals surface area (Å²) in [6.45, 7) is 4.46. The van der Waals surface area contributed by atoms with Gasteiger partial charge in [0.15, 0.2) is 0 Å². The number of morpholine rings is 1. The Labute approximate surface area is 134 Å². The van der Waals surface area contributed by atoms with Crippen LogP contribution in [-0.2, 0) is 4.74 Å². The van der Waals surface area contributed by atoms with Gasteiger partial charge in [0, 0.05) is 31.1 Å². The van der Waals surface area contributed by atoms with E-state index in [1.807, 2.05) is 0 Å². The highest BCUT2D eigenvalue weighted by molar-refractivity contribution is 7.98. The zero-order chi connectivity index (χ0) is 15.2. The van der Waals surface area contributed by atoms with Gasteiger partial charge in [0.05, 0.1) is 23.8 Å². The van der Waals surface area contributed by atoms with E-state index in [0.717, 1.165) is 5.75 Å². The minimum atomic E-state index is -0.0450. The number of halogens is 1. The van der Waals surface area contributed by atoms with Crippen molar-refractivity contribution in [1.82, 2.24) is 9.88 Å². The van der Waals surface area contributed by atoms with Crippen molar-refractivity contribution in [3.8, 4) is 0 Å². The van der Waals surface area contributed by atoms with E-state index in [1.54, 1.807) is 28.9 Å². The van der Waals surface area contributed by atoms with Crippen molar-refractivity contribution in [3.63, 3.8) is 0 Å². The van der Waals surface area contributed by atoms with E-state index < -0.39 is 0 Å². The highest BCUT2D eigenvalue weighted by Crippen LogP contribution is 2.22. The Kier molecular flexibility index (Phi) is 6.14. The molecule has 0 spiro atoms. The lowest BCUT2D eigenvalue weighted by Gasteiger charge is -2.27. The van der Waals surface area contributed by atoms with E-state index in [-0.39, 0.29) is 11.9 Å². The molecule has 0 bridgehead atoms. The quantitative estimate of drug-likeness (QED) is 0.898. The molecule has 1 atom stereocenters. The monoisotopic (exact) mass is 329 g/mol. The smallest absolute Gasteiger partial charge is 0.255 e. The normalized spacial score (nSPS) is 16.6. The minimum absolute atomic E-state index is 0.0450. The van der Waals surface area contributed by atoms with Gasteiger partial charge < -0.3 is 15.0 Å². The third kappa shape index (κ3) is 4.49. The first-order valence-corrected chi connectivity index (χ1v) is 8.67. The number of hydrogen-bond acceptors (Lipinski definition) is 5. The van der Waals surface area contributed by atoms with Gasteiger partial charge in [-0.15, -0.1) is 0 Å². The largest absolute Gasteiger partial charge is 0.378 e. The van der Waals surface area contributed by atoms with E-state index in [9.17, 15) is 4.79 Å². The molecule has 1 aliphatic rings. The van der Waals surface area contributed by atoms with Crippen molar-refractivity contribution in [1.29, 1.82) is 0 Å². The van der Waals surface area contributed by atoms with Crippen LogP contribution in [0.1, 0.15) is 17.3 Å². The standard InChI is InChI=1S/C14H20ClN3O2S/c1-10(9-21-2)17-13-12(15)7-11(8-16-13)14(19)18-3-5-20-6-4-18/h7-8,10H,3-6,9H2,1-2H3,(H,16,17). The molecule has 2 rings (SSSR count). The number of pyridine rings is 1. The second-order valence-electron chi connectivity index (χ2n) is 4.96. The predicted molar refractivity (Wildman–Crippen MR) is 87.4 cm³/mol. The lowest BCUT2D eigenvalue weighted by molar-refractivity contribution is 0.0302. The first-order chi connectivity index (χ1) is 10.1. The maximum atomic E-state index is 12.3. The molecule has 1 N–H and O–H groups in total. The lowest BCUT2D eigenvalue weighted by atomic mass is 10.2. The molecule has 1 fully saturated rings. The van der Waals surface area contributed by atoms with Crippen LogP contribution in [0.15, 0.2) is 12.3 Å². The molecular formula is C14H20ClN3O2S. The van der Waals surface area contributed by atoms with Crippen molar-refractivity contribution in [2.75, 3.05) is 43.6 Å². The summed E-state index contributed by atoms with van der Waals surface area (Å²) in [5, 5.41) is 3.72. The molecule has 0 saturated carbocycles.